The lowest BCUT2D eigenvalue weighted by Gasteiger charge is -2.07. The Morgan fingerprint density at radius 1 is 1.03 bits per heavy atom. The van der Waals surface area contributed by atoms with Crippen molar-refractivity contribution < 1.29 is 13.9 Å². The van der Waals surface area contributed by atoms with Gasteiger partial charge in [-0.2, -0.15) is 5.10 Å². The first-order valence-corrected chi connectivity index (χ1v) is 10.1. The van der Waals surface area contributed by atoms with Crippen LogP contribution in [0.15, 0.2) is 94.3 Å². The zero-order valence-electron chi connectivity index (χ0n) is 16.8. The summed E-state index contributed by atoms with van der Waals surface area (Å²) in [7, 11) is 0. The molecule has 0 fully saturated rings. The molecule has 0 saturated heterocycles. The zero-order valence-corrected chi connectivity index (χ0v) is 16.8. The van der Waals surface area contributed by atoms with Crippen LogP contribution in [-0.2, 0) is 22.7 Å². The fraction of sp³-hybridized carbons (Fsp3) is 0.120. The van der Waals surface area contributed by atoms with Crippen molar-refractivity contribution >= 4 is 28.6 Å². The molecule has 2 aromatic heterocycles. The highest BCUT2D eigenvalue weighted by Gasteiger charge is 2.26. The topological polar surface area (TPSA) is 68.8 Å². The number of nitrogens with one attached hydrogen (secondary N) is 1. The van der Waals surface area contributed by atoms with Crippen molar-refractivity contribution in [2.24, 2.45) is 5.10 Å². The van der Waals surface area contributed by atoms with Gasteiger partial charge in [-0.05, 0) is 29.8 Å². The van der Waals surface area contributed by atoms with E-state index >= 15 is 0 Å². The Bertz CT molecular complexity index is 1270. The van der Waals surface area contributed by atoms with Gasteiger partial charge in [0, 0.05) is 29.2 Å². The van der Waals surface area contributed by atoms with E-state index in [-0.39, 0.29) is 5.91 Å². The second-order valence-electron chi connectivity index (χ2n) is 7.27. The van der Waals surface area contributed by atoms with Gasteiger partial charge >= 0.3 is 0 Å². The van der Waals surface area contributed by atoms with E-state index in [1.54, 1.807) is 18.4 Å². The van der Waals surface area contributed by atoms with Gasteiger partial charge in [0.1, 0.15) is 5.71 Å². The van der Waals surface area contributed by atoms with E-state index < -0.39 is 0 Å². The number of rotatable bonds is 7. The molecule has 0 atom stereocenters. The number of fused-ring (bicyclic) bond motifs is 1. The number of hydrogen-bond donors (Lipinski definition) is 1. The van der Waals surface area contributed by atoms with Gasteiger partial charge in [0.15, 0.2) is 5.76 Å². The van der Waals surface area contributed by atoms with E-state index in [0.717, 1.165) is 22.0 Å². The SMILES string of the molecule is O=C1NN=C(c2ccco2)/C1=C/c1cn(CCOCc2ccccc2)c2ccccc12. The van der Waals surface area contributed by atoms with Crippen molar-refractivity contribution in [3.63, 3.8) is 0 Å². The number of hydrogen-bond acceptors (Lipinski definition) is 4. The molecule has 31 heavy (non-hydrogen) atoms. The molecule has 6 heteroatoms. The minimum absolute atomic E-state index is 0.241. The predicted molar refractivity (Wildman–Crippen MR) is 119 cm³/mol. The molecule has 0 bridgehead atoms. The molecule has 1 aliphatic heterocycles. The highest BCUT2D eigenvalue weighted by atomic mass is 16.5. The largest absolute Gasteiger partial charge is 0.463 e. The third-order valence-corrected chi connectivity index (χ3v) is 5.23. The second kappa shape index (κ2) is 8.45. The summed E-state index contributed by atoms with van der Waals surface area (Å²) < 4.78 is 13.5. The van der Waals surface area contributed by atoms with Crippen LogP contribution in [0.1, 0.15) is 16.9 Å². The predicted octanol–water partition coefficient (Wildman–Crippen LogP) is 4.37. The van der Waals surface area contributed by atoms with Gasteiger partial charge in [0.05, 0.1) is 25.1 Å². The number of nitrogens with zero attached hydrogens (tertiary/aromatic N) is 2. The van der Waals surface area contributed by atoms with Gasteiger partial charge in [-0.3, -0.25) is 4.79 Å². The summed E-state index contributed by atoms with van der Waals surface area (Å²) in [6.07, 6.45) is 5.49. The van der Waals surface area contributed by atoms with Crippen molar-refractivity contribution in [3.8, 4) is 0 Å². The van der Waals surface area contributed by atoms with Gasteiger partial charge in [-0.25, -0.2) is 5.43 Å². The lowest BCUT2D eigenvalue weighted by molar-refractivity contribution is -0.116. The number of hydrazone groups is 1. The zero-order chi connectivity index (χ0) is 21.0. The number of furan rings is 1. The Kier molecular flexibility index (Phi) is 5.21. The van der Waals surface area contributed by atoms with Crippen molar-refractivity contribution in [2.75, 3.05) is 6.61 Å². The lowest BCUT2D eigenvalue weighted by Crippen LogP contribution is -2.13. The summed E-state index contributed by atoms with van der Waals surface area (Å²) in [5.41, 5.74) is 6.73. The van der Waals surface area contributed by atoms with E-state index in [1.165, 1.54) is 0 Å². The molecule has 1 N–H and O–H groups in total. The van der Waals surface area contributed by atoms with Crippen molar-refractivity contribution in [1.82, 2.24) is 9.99 Å². The highest BCUT2D eigenvalue weighted by Crippen LogP contribution is 2.26. The first-order chi connectivity index (χ1) is 15.3. The summed E-state index contributed by atoms with van der Waals surface area (Å²) in [5, 5.41) is 5.21. The van der Waals surface area contributed by atoms with Crippen molar-refractivity contribution in [2.45, 2.75) is 13.2 Å². The number of carbonyl (C=O) groups is 1. The molecule has 0 radical (unpaired) electrons. The molecule has 3 heterocycles. The van der Waals surface area contributed by atoms with Crippen LogP contribution >= 0.6 is 0 Å². The minimum atomic E-state index is -0.241. The fourth-order valence-electron chi connectivity index (χ4n) is 3.73. The Labute approximate surface area is 179 Å². The first-order valence-electron chi connectivity index (χ1n) is 10.1. The van der Waals surface area contributed by atoms with Crippen LogP contribution < -0.4 is 5.43 Å². The van der Waals surface area contributed by atoms with Crippen molar-refractivity contribution in [3.05, 3.63) is 102 Å². The molecular formula is C25H21N3O3. The second-order valence-corrected chi connectivity index (χ2v) is 7.27. The molecule has 5 rings (SSSR count). The van der Waals surface area contributed by atoms with Gasteiger partial charge in [-0.15, -0.1) is 0 Å². The Morgan fingerprint density at radius 3 is 2.71 bits per heavy atom. The van der Waals surface area contributed by atoms with E-state index in [1.807, 2.05) is 36.4 Å². The minimum Gasteiger partial charge on any atom is -0.463 e. The third-order valence-electron chi connectivity index (χ3n) is 5.23. The molecule has 0 saturated carbocycles. The van der Waals surface area contributed by atoms with Crippen molar-refractivity contribution in [1.29, 1.82) is 0 Å². The maximum absolute atomic E-state index is 12.4. The monoisotopic (exact) mass is 411 g/mol. The number of benzene rings is 2. The van der Waals surface area contributed by atoms with Crippen LogP contribution in [0, 0.1) is 0 Å². The molecule has 0 spiro atoms. The molecule has 0 aliphatic carbocycles. The number of amides is 1. The Morgan fingerprint density at radius 2 is 1.87 bits per heavy atom. The molecule has 2 aromatic carbocycles. The van der Waals surface area contributed by atoms with E-state index in [4.69, 9.17) is 9.15 Å². The lowest BCUT2D eigenvalue weighted by atomic mass is 10.0. The van der Waals surface area contributed by atoms with Gasteiger partial charge in [0.25, 0.3) is 5.91 Å². The third kappa shape index (κ3) is 3.93. The maximum atomic E-state index is 12.4. The summed E-state index contributed by atoms with van der Waals surface area (Å²) in [4.78, 5) is 12.4. The Balaban J connectivity index is 1.39. The summed E-state index contributed by atoms with van der Waals surface area (Å²) in [5.74, 6) is 0.317. The molecule has 1 amide bonds. The average Bonchev–Trinajstić information content (AvgIpc) is 3.53. The van der Waals surface area contributed by atoms with E-state index in [2.05, 4.69) is 45.6 Å². The van der Waals surface area contributed by atoms with Gasteiger partial charge in [0.2, 0.25) is 0 Å². The van der Waals surface area contributed by atoms with E-state index in [0.29, 0.717) is 36.8 Å². The first kappa shape index (κ1) is 19.1. The van der Waals surface area contributed by atoms with Crippen LogP contribution in [0.3, 0.4) is 0 Å². The maximum Gasteiger partial charge on any atom is 0.273 e. The smallest absolute Gasteiger partial charge is 0.273 e. The standard InChI is InChI=1S/C25H21N3O3/c29-25-21(24(26-27-25)23-11-6-13-31-23)15-19-16-28(22-10-5-4-9-20(19)22)12-14-30-17-18-7-2-1-3-8-18/h1-11,13,15-16H,12,14,17H2,(H,27,29)/b21-15-. The van der Waals surface area contributed by atoms with Gasteiger partial charge in [-0.1, -0.05) is 48.5 Å². The average molecular weight is 411 g/mol. The molecular weight excluding hydrogens is 390 g/mol. The van der Waals surface area contributed by atoms with Crippen LogP contribution in [0.5, 0.6) is 0 Å². The van der Waals surface area contributed by atoms with Crippen LogP contribution in [-0.4, -0.2) is 22.8 Å². The quantitative estimate of drug-likeness (QED) is 0.363. The normalized spacial score (nSPS) is 14.9. The summed E-state index contributed by atoms with van der Waals surface area (Å²) >= 11 is 0. The van der Waals surface area contributed by atoms with E-state index in [9.17, 15) is 4.79 Å². The molecule has 154 valence electrons. The number of ether oxygens (including phenoxy) is 1. The molecule has 0 unspecified atom stereocenters. The Hall–Kier alpha value is -3.90. The number of carbonyl (C=O) groups excluding carboxylic acids is 1. The van der Waals surface area contributed by atoms with Crippen LogP contribution in [0.25, 0.3) is 17.0 Å². The number of aromatic nitrogens is 1. The summed E-state index contributed by atoms with van der Waals surface area (Å²) in [6.45, 7) is 1.88. The van der Waals surface area contributed by atoms with Crippen LogP contribution in [0.2, 0.25) is 0 Å². The summed E-state index contributed by atoms with van der Waals surface area (Å²) in [6, 6.07) is 21.8. The molecule has 6 nitrogen and oxygen atoms in total. The van der Waals surface area contributed by atoms with Gasteiger partial charge < -0.3 is 13.7 Å². The highest BCUT2D eigenvalue weighted by molar-refractivity contribution is 6.32. The van der Waals surface area contributed by atoms with Crippen LogP contribution in [0.4, 0.5) is 0 Å². The molecule has 4 aromatic rings. The number of para-hydroxylation sites is 1. The molecule has 1 aliphatic rings. The fourth-order valence-corrected chi connectivity index (χ4v) is 3.73.